The summed E-state index contributed by atoms with van der Waals surface area (Å²) in [6, 6.07) is 9.98. The van der Waals surface area contributed by atoms with E-state index in [2.05, 4.69) is 24.2 Å². The van der Waals surface area contributed by atoms with E-state index in [0.29, 0.717) is 5.69 Å². The van der Waals surface area contributed by atoms with E-state index in [1.165, 1.54) is 10.5 Å². The summed E-state index contributed by atoms with van der Waals surface area (Å²) in [4.78, 5) is 13.4. The first kappa shape index (κ1) is 15.3. The van der Waals surface area contributed by atoms with E-state index >= 15 is 0 Å². The van der Waals surface area contributed by atoms with Crippen LogP contribution in [-0.2, 0) is 6.42 Å². The zero-order valence-electron chi connectivity index (χ0n) is 12.8. The molecule has 1 aromatic carbocycles. The lowest BCUT2D eigenvalue weighted by Crippen LogP contribution is -2.22. The van der Waals surface area contributed by atoms with Gasteiger partial charge in [0.1, 0.15) is 0 Å². The second kappa shape index (κ2) is 6.54. The van der Waals surface area contributed by atoms with Gasteiger partial charge in [-0.25, -0.2) is 4.68 Å². The van der Waals surface area contributed by atoms with Crippen LogP contribution in [0.4, 0.5) is 0 Å². The van der Waals surface area contributed by atoms with Gasteiger partial charge in [0.25, 0.3) is 5.91 Å². The van der Waals surface area contributed by atoms with E-state index in [1.807, 2.05) is 12.1 Å². The van der Waals surface area contributed by atoms with Crippen LogP contribution in [0.5, 0.6) is 0 Å². The standard InChI is InChI=1S/C16H22N4O/c1-4-13(17)10-12-6-5-7-14(11-12)20-9-8-15(18-20)16(21)19(2)3/h5-9,11,13H,4,10,17H2,1-3H3. The minimum absolute atomic E-state index is 0.0992. The SMILES string of the molecule is CCC(N)Cc1cccc(-n2ccc(C(=O)N(C)C)n2)c1. The van der Waals surface area contributed by atoms with Gasteiger partial charge in [0.05, 0.1) is 5.69 Å². The molecule has 0 aliphatic heterocycles. The summed E-state index contributed by atoms with van der Waals surface area (Å²) in [7, 11) is 3.43. The zero-order valence-corrected chi connectivity index (χ0v) is 12.8. The number of hydrogen-bond donors (Lipinski definition) is 1. The third kappa shape index (κ3) is 3.70. The van der Waals surface area contributed by atoms with Crippen LogP contribution in [0.3, 0.4) is 0 Å². The number of rotatable bonds is 5. The molecule has 0 aliphatic rings. The molecule has 2 N–H and O–H groups in total. The molecular formula is C16H22N4O. The predicted molar refractivity (Wildman–Crippen MR) is 83.6 cm³/mol. The zero-order chi connectivity index (χ0) is 15.4. The van der Waals surface area contributed by atoms with Crippen LogP contribution in [0.25, 0.3) is 5.69 Å². The lowest BCUT2D eigenvalue weighted by Gasteiger charge is -2.10. The van der Waals surface area contributed by atoms with Gasteiger partial charge in [-0.1, -0.05) is 19.1 Å². The number of amides is 1. The fourth-order valence-electron chi connectivity index (χ4n) is 2.08. The highest BCUT2D eigenvalue weighted by Crippen LogP contribution is 2.13. The highest BCUT2D eigenvalue weighted by Gasteiger charge is 2.12. The second-order valence-corrected chi connectivity index (χ2v) is 5.39. The Morgan fingerprint density at radius 2 is 2.14 bits per heavy atom. The Hall–Kier alpha value is -2.14. The highest BCUT2D eigenvalue weighted by molar-refractivity contribution is 5.91. The number of carbonyl (C=O) groups is 1. The van der Waals surface area contributed by atoms with Crippen molar-refractivity contribution in [1.29, 1.82) is 0 Å². The van der Waals surface area contributed by atoms with Crippen LogP contribution >= 0.6 is 0 Å². The molecule has 1 atom stereocenters. The van der Waals surface area contributed by atoms with Crippen LogP contribution in [-0.4, -0.2) is 40.7 Å². The minimum Gasteiger partial charge on any atom is -0.343 e. The van der Waals surface area contributed by atoms with Crippen molar-refractivity contribution in [2.75, 3.05) is 14.1 Å². The Labute approximate surface area is 125 Å². The van der Waals surface area contributed by atoms with Crippen LogP contribution in [0, 0.1) is 0 Å². The molecule has 0 saturated carbocycles. The largest absolute Gasteiger partial charge is 0.343 e. The Balaban J connectivity index is 2.22. The van der Waals surface area contributed by atoms with Crippen LogP contribution in [0.1, 0.15) is 29.4 Å². The van der Waals surface area contributed by atoms with Gasteiger partial charge >= 0.3 is 0 Å². The summed E-state index contributed by atoms with van der Waals surface area (Å²) < 4.78 is 1.72. The highest BCUT2D eigenvalue weighted by atomic mass is 16.2. The van der Waals surface area contributed by atoms with Crippen LogP contribution in [0.15, 0.2) is 36.5 Å². The van der Waals surface area contributed by atoms with E-state index in [1.54, 1.807) is 31.0 Å². The van der Waals surface area contributed by atoms with Gasteiger partial charge in [-0.3, -0.25) is 4.79 Å². The van der Waals surface area contributed by atoms with Gasteiger partial charge in [-0.05, 0) is 36.6 Å². The molecule has 21 heavy (non-hydrogen) atoms. The lowest BCUT2D eigenvalue weighted by molar-refractivity contribution is 0.0821. The average Bonchev–Trinajstić information content (AvgIpc) is 2.96. The van der Waals surface area contributed by atoms with Gasteiger partial charge in [0.2, 0.25) is 0 Å². The summed E-state index contributed by atoms with van der Waals surface area (Å²) in [5, 5.41) is 4.34. The van der Waals surface area contributed by atoms with E-state index < -0.39 is 0 Å². The van der Waals surface area contributed by atoms with E-state index in [9.17, 15) is 4.79 Å². The maximum Gasteiger partial charge on any atom is 0.273 e. The minimum atomic E-state index is -0.0992. The molecule has 0 bridgehead atoms. The van der Waals surface area contributed by atoms with Gasteiger partial charge in [0, 0.05) is 26.3 Å². The number of hydrogen-bond acceptors (Lipinski definition) is 3. The molecule has 2 aromatic rings. The van der Waals surface area contributed by atoms with Crippen LogP contribution in [0.2, 0.25) is 0 Å². The number of nitrogens with two attached hydrogens (primary N) is 1. The third-order valence-electron chi connectivity index (χ3n) is 3.41. The molecule has 1 amide bonds. The maximum absolute atomic E-state index is 11.9. The number of carbonyl (C=O) groups excluding carboxylic acids is 1. The maximum atomic E-state index is 11.9. The molecule has 0 saturated heterocycles. The molecule has 0 aliphatic carbocycles. The van der Waals surface area contributed by atoms with Crippen molar-refractivity contribution in [3.63, 3.8) is 0 Å². The summed E-state index contributed by atoms with van der Waals surface area (Å²) >= 11 is 0. The van der Waals surface area contributed by atoms with Gasteiger partial charge in [0.15, 0.2) is 5.69 Å². The molecular weight excluding hydrogens is 264 g/mol. The Morgan fingerprint density at radius 3 is 2.81 bits per heavy atom. The fraction of sp³-hybridized carbons (Fsp3) is 0.375. The van der Waals surface area contributed by atoms with Crippen molar-refractivity contribution in [3.8, 4) is 5.69 Å². The van der Waals surface area contributed by atoms with Gasteiger partial charge in [-0.15, -0.1) is 0 Å². The van der Waals surface area contributed by atoms with E-state index in [4.69, 9.17) is 5.73 Å². The van der Waals surface area contributed by atoms with Crippen molar-refractivity contribution in [2.45, 2.75) is 25.8 Å². The van der Waals surface area contributed by atoms with Gasteiger partial charge < -0.3 is 10.6 Å². The van der Waals surface area contributed by atoms with Crippen molar-refractivity contribution in [3.05, 3.63) is 47.8 Å². The van der Waals surface area contributed by atoms with Crippen LogP contribution < -0.4 is 5.73 Å². The van der Waals surface area contributed by atoms with Crippen molar-refractivity contribution < 1.29 is 4.79 Å². The lowest BCUT2D eigenvalue weighted by atomic mass is 10.0. The summed E-state index contributed by atoms with van der Waals surface area (Å²) in [6.45, 7) is 2.08. The number of aromatic nitrogens is 2. The molecule has 2 rings (SSSR count). The predicted octanol–water partition coefficient (Wildman–Crippen LogP) is 1.85. The molecule has 5 nitrogen and oxygen atoms in total. The first-order chi connectivity index (χ1) is 10.0. The average molecular weight is 286 g/mol. The summed E-state index contributed by atoms with van der Waals surface area (Å²) in [5.41, 5.74) is 8.56. The molecule has 0 fully saturated rings. The molecule has 1 heterocycles. The number of benzene rings is 1. The fourth-order valence-corrected chi connectivity index (χ4v) is 2.08. The quantitative estimate of drug-likeness (QED) is 0.912. The Kier molecular flexibility index (Phi) is 4.75. The normalized spacial score (nSPS) is 12.2. The van der Waals surface area contributed by atoms with Crippen molar-refractivity contribution in [1.82, 2.24) is 14.7 Å². The third-order valence-corrected chi connectivity index (χ3v) is 3.41. The first-order valence-corrected chi connectivity index (χ1v) is 7.13. The topological polar surface area (TPSA) is 64.2 Å². The first-order valence-electron chi connectivity index (χ1n) is 7.13. The van der Waals surface area contributed by atoms with Crippen molar-refractivity contribution >= 4 is 5.91 Å². The molecule has 0 spiro atoms. The second-order valence-electron chi connectivity index (χ2n) is 5.39. The molecule has 5 heteroatoms. The Morgan fingerprint density at radius 1 is 1.38 bits per heavy atom. The van der Waals surface area contributed by atoms with Crippen molar-refractivity contribution in [2.24, 2.45) is 5.73 Å². The van der Waals surface area contributed by atoms with E-state index in [-0.39, 0.29) is 11.9 Å². The smallest absolute Gasteiger partial charge is 0.273 e. The molecule has 1 unspecified atom stereocenters. The monoisotopic (exact) mass is 286 g/mol. The van der Waals surface area contributed by atoms with Gasteiger partial charge in [-0.2, -0.15) is 5.10 Å². The summed E-state index contributed by atoms with van der Waals surface area (Å²) in [5.74, 6) is -0.0992. The molecule has 1 aromatic heterocycles. The molecule has 0 radical (unpaired) electrons. The Bertz CT molecular complexity index is 618. The number of nitrogens with zero attached hydrogens (tertiary/aromatic N) is 3. The summed E-state index contributed by atoms with van der Waals surface area (Å²) in [6.07, 6.45) is 3.60. The molecule has 112 valence electrons. The van der Waals surface area contributed by atoms with E-state index in [0.717, 1.165) is 18.5 Å².